The molecule has 86 valence electrons. The molecule has 0 saturated carbocycles. The van der Waals surface area contributed by atoms with Gasteiger partial charge in [-0.3, -0.25) is 14.9 Å². The average molecular weight is 231 g/mol. The number of carbonyl (C=O) groups is 2. The van der Waals surface area contributed by atoms with Crippen LogP contribution in [0, 0.1) is 0 Å². The Morgan fingerprint density at radius 1 is 1.47 bits per heavy atom. The van der Waals surface area contributed by atoms with Crippen molar-refractivity contribution in [2.45, 2.75) is 19.4 Å². The van der Waals surface area contributed by atoms with E-state index in [1.807, 2.05) is 6.92 Å². The van der Waals surface area contributed by atoms with E-state index in [4.69, 9.17) is 0 Å². The lowest BCUT2D eigenvalue weighted by Gasteiger charge is -2.10. The molecule has 0 aromatic rings. The van der Waals surface area contributed by atoms with Gasteiger partial charge >= 0.3 is 0 Å². The SMILES string of the molecule is CCCNC(=O)CNC(=O)C1CSCN1. The van der Waals surface area contributed by atoms with Crippen LogP contribution >= 0.6 is 11.8 Å². The summed E-state index contributed by atoms with van der Waals surface area (Å²) in [4.78, 5) is 22.6. The summed E-state index contributed by atoms with van der Waals surface area (Å²) in [7, 11) is 0. The van der Waals surface area contributed by atoms with E-state index in [2.05, 4.69) is 16.0 Å². The first-order chi connectivity index (χ1) is 7.24. The van der Waals surface area contributed by atoms with Crippen molar-refractivity contribution in [1.82, 2.24) is 16.0 Å². The monoisotopic (exact) mass is 231 g/mol. The molecule has 1 rings (SSSR count). The van der Waals surface area contributed by atoms with E-state index < -0.39 is 0 Å². The van der Waals surface area contributed by atoms with Crippen LogP contribution in [0.5, 0.6) is 0 Å². The van der Waals surface area contributed by atoms with E-state index >= 15 is 0 Å². The van der Waals surface area contributed by atoms with Gasteiger partial charge in [0.05, 0.1) is 12.6 Å². The molecule has 1 unspecified atom stereocenters. The van der Waals surface area contributed by atoms with E-state index in [1.165, 1.54) is 0 Å². The van der Waals surface area contributed by atoms with Crippen LogP contribution in [-0.2, 0) is 9.59 Å². The second-order valence-electron chi connectivity index (χ2n) is 3.34. The molecule has 5 nitrogen and oxygen atoms in total. The molecule has 1 heterocycles. The Bertz CT molecular complexity index is 229. The zero-order chi connectivity index (χ0) is 11.1. The first kappa shape index (κ1) is 12.3. The molecule has 15 heavy (non-hydrogen) atoms. The second-order valence-corrected chi connectivity index (χ2v) is 4.37. The van der Waals surface area contributed by atoms with Gasteiger partial charge in [-0.2, -0.15) is 0 Å². The molecule has 0 spiro atoms. The molecule has 6 heteroatoms. The second kappa shape index (κ2) is 6.68. The van der Waals surface area contributed by atoms with Gasteiger partial charge in [0.2, 0.25) is 11.8 Å². The van der Waals surface area contributed by atoms with Crippen molar-refractivity contribution in [3.8, 4) is 0 Å². The lowest BCUT2D eigenvalue weighted by Crippen LogP contribution is -2.45. The number of hydrogen-bond acceptors (Lipinski definition) is 4. The number of carbonyl (C=O) groups excluding carboxylic acids is 2. The maximum absolute atomic E-state index is 11.5. The van der Waals surface area contributed by atoms with Gasteiger partial charge in [-0.1, -0.05) is 6.92 Å². The zero-order valence-corrected chi connectivity index (χ0v) is 9.65. The van der Waals surface area contributed by atoms with Crippen molar-refractivity contribution in [1.29, 1.82) is 0 Å². The smallest absolute Gasteiger partial charge is 0.239 e. The van der Waals surface area contributed by atoms with Crippen LogP contribution in [0.3, 0.4) is 0 Å². The maximum atomic E-state index is 11.5. The third-order valence-corrected chi connectivity index (χ3v) is 2.97. The highest BCUT2D eigenvalue weighted by Crippen LogP contribution is 2.08. The van der Waals surface area contributed by atoms with Crippen molar-refractivity contribution >= 4 is 23.6 Å². The third kappa shape index (κ3) is 4.53. The van der Waals surface area contributed by atoms with E-state index in [0.717, 1.165) is 18.1 Å². The Balaban J connectivity index is 2.12. The van der Waals surface area contributed by atoms with Crippen LogP contribution in [0.15, 0.2) is 0 Å². The van der Waals surface area contributed by atoms with Gasteiger partial charge in [0.1, 0.15) is 0 Å². The summed E-state index contributed by atoms with van der Waals surface area (Å²) < 4.78 is 0. The molecule has 1 aliphatic rings. The number of nitrogens with one attached hydrogen (secondary N) is 3. The molecule has 0 aliphatic carbocycles. The largest absolute Gasteiger partial charge is 0.355 e. The molecule has 0 aromatic carbocycles. The van der Waals surface area contributed by atoms with Gasteiger partial charge in [-0.25, -0.2) is 0 Å². The van der Waals surface area contributed by atoms with Gasteiger partial charge in [-0.15, -0.1) is 11.8 Å². The van der Waals surface area contributed by atoms with Crippen LogP contribution in [0.1, 0.15) is 13.3 Å². The molecule has 3 N–H and O–H groups in total. The van der Waals surface area contributed by atoms with Gasteiger partial charge in [0.25, 0.3) is 0 Å². The molecule has 1 atom stereocenters. The number of rotatable bonds is 5. The lowest BCUT2D eigenvalue weighted by atomic mass is 10.3. The van der Waals surface area contributed by atoms with Crippen LogP contribution in [0.2, 0.25) is 0 Å². The minimum Gasteiger partial charge on any atom is -0.355 e. The summed E-state index contributed by atoms with van der Waals surface area (Å²) in [6.45, 7) is 2.71. The molecule has 1 aliphatic heterocycles. The summed E-state index contributed by atoms with van der Waals surface area (Å²) in [5.41, 5.74) is 0. The normalized spacial score (nSPS) is 19.9. The summed E-state index contributed by atoms with van der Waals surface area (Å²) >= 11 is 1.69. The van der Waals surface area contributed by atoms with Crippen LogP contribution in [0.4, 0.5) is 0 Å². The molecule has 1 saturated heterocycles. The number of hydrogen-bond donors (Lipinski definition) is 3. The molecule has 0 aromatic heterocycles. The average Bonchev–Trinajstić information content (AvgIpc) is 2.76. The topological polar surface area (TPSA) is 70.2 Å². The Kier molecular flexibility index (Phi) is 5.49. The highest BCUT2D eigenvalue weighted by Gasteiger charge is 2.22. The summed E-state index contributed by atoms with van der Waals surface area (Å²) in [6.07, 6.45) is 0.903. The van der Waals surface area contributed by atoms with E-state index in [9.17, 15) is 9.59 Å². The highest BCUT2D eigenvalue weighted by molar-refractivity contribution is 7.99. The zero-order valence-electron chi connectivity index (χ0n) is 8.84. The third-order valence-electron chi connectivity index (χ3n) is 2.03. The fourth-order valence-corrected chi connectivity index (χ4v) is 2.12. The molecular formula is C9H17N3O2S. The van der Waals surface area contributed by atoms with E-state index in [0.29, 0.717) is 6.54 Å². The summed E-state index contributed by atoms with van der Waals surface area (Å²) in [6, 6.07) is -0.144. The Morgan fingerprint density at radius 3 is 2.87 bits per heavy atom. The summed E-state index contributed by atoms with van der Waals surface area (Å²) in [5.74, 6) is 1.37. The minimum absolute atomic E-state index is 0.0711. The van der Waals surface area contributed by atoms with Gasteiger partial charge in [0.15, 0.2) is 0 Å². The van der Waals surface area contributed by atoms with Crippen molar-refractivity contribution in [2.75, 3.05) is 24.7 Å². The quantitative estimate of drug-likeness (QED) is 0.585. The maximum Gasteiger partial charge on any atom is 0.239 e. The van der Waals surface area contributed by atoms with Crippen molar-refractivity contribution in [3.63, 3.8) is 0 Å². The molecule has 0 bridgehead atoms. The van der Waals surface area contributed by atoms with E-state index in [-0.39, 0.29) is 24.4 Å². The number of amides is 2. The molecular weight excluding hydrogens is 214 g/mol. The van der Waals surface area contributed by atoms with Crippen LogP contribution < -0.4 is 16.0 Å². The molecule has 1 fully saturated rings. The van der Waals surface area contributed by atoms with Gasteiger partial charge < -0.3 is 10.6 Å². The van der Waals surface area contributed by atoms with Crippen LogP contribution in [-0.4, -0.2) is 42.6 Å². The van der Waals surface area contributed by atoms with Crippen molar-refractivity contribution in [3.05, 3.63) is 0 Å². The van der Waals surface area contributed by atoms with Crippen molar-refractivity contribution in [2.24, 2.45) is 0 Å². The fourth-order valence-electron chi connectivity index (χ4n) is 1.18. The first-order valence-electron chi connectivity index (χ1n) is 5.09. The van der Waals surface area contributed by atoms with Gasteiger partial charge in [-0.05, 0) is 6.42 Å². The Hall–Kier alpha value is -0.750. The standard InChI is InChI=1S/C9H17N3O2S/c1-2-3-10-8(13)4-11-9(14)7-5-15-6-12-7/h7,12H,2-6H2,1H3,(H,10,13)(H,11,14). The lowest BCUT2D eigenvalue weighted by molar-refractivity contribution is -0.126. The fraction of sp³-hybridized carbons (Fsp3) is 0.778. The van der Waals surface area contributed by atoms with E-state index in [1.54, 1.807) is 11.8 Å². The highest BCUT2D eigenvalue weighted by atomic mass is 32.2. The van der Waals surface area contributed by atoms with Crippen LogP contribution in [0.25, 0.3) is 0 Å². The van der Waals surface area contributed by atoms with Crippen molar-refractivity contribution < 1.29 is 9.59 Å². The minimum atomic E-state index is -0.144. The first-order valence-corrected chi connectivity index (χ1v) is 6.25. The molecule has 0 radical (unpaired) electrons. The predicted molar refractivity (Wildman–Crippen MR) is 60.6 cm³/mol. The summed E-state index contributed by atoms with van der Waals surface area (Å²) in [5, 5.41) is 8.35. The molecule has 2 amide bonds. The van der Waals surface area contributed by atoms with Gasteiger partial charge in [0, 0.05) is 18.2 Å². The Morgan fingerprint density at radius 2 is 2.27 bits per heavy atom. The predicted octanol–water partition coefficient (Wildman–Crippen LogP) is -0.709. The number of thioether (sulfide) groups is 1. The Labute approximate surface area is 93.7 Å².